The van der Waals surface area contributed by atoms with Crippen molar-refractivity contribution in [1.82, 2.24) is 9.62 Å². The SMILES string of the molecule is CNC(CC1CCCN(S(C)(=O)=O)C1)C1CCS(=O)(=O)C1. The number of rotatable bonds is 5. The molecular formula is C13H26N2O4S2. The molecule has 3 unspecified atom stereocenters. The van der Waals surface area contributed by atoms with Crippen LogP contribution in [0, 0.1) is 11.8 Å². The van der Waals surface area contributed by atoms with Crippen LogP contribution in [-0.2, 0) is 19.9 Å². The van der Waals surface area contributed by atoms with Gasteiger partial charge < -0.3 is 5.32 Å². The van der Waals surface area contributed by atoms with Gasteiger partial charge in [-0.25, -0.2) is 21.1 Å². The molecule has 0 aliphatic carbocycles. The van der Waals surface area contributed by atoms with E-state index in [2.05, 4.69) is 5.32 Å². The monoisotopic (exact) mass is 338 g/mol. The van der Waals surface area contributed by atoms with Gasteiger partial charge in [-0.05, 0) is 44.6 Å². The van der Waals surface area contributed by atoms with Crippen molar-refractivity contribution in [2.24, 2.45) is 11.8 Å². The van der Waals surface area contributed by atoms with Crippen LogP contribution in [0.3, 0.4) is 0 Å². The fraction of sp³-hybridized carbons (Fsp3) is 1.00. The number of hydrogen-bond donors (Lipinski definition) is 1. The van der Waals surface area contributed by atoms with Gasteiger partial charge >= 0.3 is 0 Å². The average Bonchev–Trinajstić information content (AvgIpc) is 2.75. The lowest BCUT2D eigenvalue weighted by molar-refractivity contribution is 0.222. The Kier molecular flexibility index (Phi) is 5.33. The third-order valence-corrected chi connectivity index (χ3v) is 7.81. The lowest BCUT2D eigenvalue weighted by Crippen LogP contribution is -2.43. The van der Waals surface area contributed by atoms with Crippen molar-refractivity contribution >= 4 is 19.9 Å². The van der Waals surface area contributed by atoms with Gasteiger partial charge in [0.15, 0.2) is 9.84 Å². The predicted molar refractivity (Wildman–Crippen MR) is 83.4 cm³/mol. The zero-order valence-electron chi connectivity index (χ0n) is 12.8. The van der Waals surface area contributed by atoms with Crippen LogP contribution in [0.25, 0.3) is 0 Å². The minimum Gasteiger partial charge on any atom is -0.317 e. The first kappa shape index (κ1) is 17.2. The summed E-state index contributed by atoms with van der Waals surface area (Å²) in [6.45, 7) is 1.17. The largest absolute Gasteiger partial charge is 0.317 e. The highest BCUT2D eigenvalue weighted by atomic mass is 32.2. The lowest BCUT2D eigenvalue weighted by atomic mass is 9.86. The van der Waals surface area contributed by atoms with Crippen LogP contribution in [0.15, 0.2) is 0 Å². The molecule has 6 nitrogen and oxygen atoms in total. The zero-order chi connectivity index (χ0) is 15.7. The zero-order valence-corrected chi connectivity index (χ0v) is 14.4. The van der Waals surface area contributed by atoms with Crippen LogP contribution in [0.1, 0.15) is 25.7 Å². The van der Waals surface area contributed by atoms with Gasteiger partial charge in [0.1, 0.15) is 0 Å². The van der Waals surface area contributed by atoms with Gasteiger partial charge in [0, 0.05) is 19.1 Å². The number of sulfone groups is 1. The second-order valence-corrected chi connectivity index (χ2v) is 10.6. The van der Waals surface area contributed by atoms with E-state index in [-0.39, 0.29) is 23.5 Å². The highest BCUT2D eigenvalue weighted by Gasteiger charge is 2.35. The summed E-state index contributed by atoms with van der Waals surface area (Å²) in [6, 6.07) is 0.159. The first-order valence-electron chi connectivity index (χ1n) is 7.54. The molecule has 124 valence electrons. The Hall–Kier alpha value is -0.180. The van der Waals surface area contributed by atoms with E-state index >= 15 is 0 Å². The lowest BCUT2D eigenvalue weighted by Gasteiger charge is -2.34. The van der Waals surface area contributed by atoms with Crippen molar-refractivity contribution in [3.8, 4) is 0 Å². The number of sulfonamides is 1. The van der Waals surface area contributed by atoms with E-state index < -0.39 is 19.9 Å². The molecule has 0 radical (unpaired) electrons. The summed E-state index contributed by atoms with van der Waals surface area (Å²) in [5.74, 6) is 1.03. The normalized spacial score (nSPS) is 32.1. The Morgan fingerprint density at radius 3 is 2.57 bits per heavy atom. The van der Waals surface area contributed by atoms with Crippen LogP contribution in [0.2, 0.25) is 0 Å². The number of hydrogen-bond acceptors (Lipinski definition) is 5. The number of piperidine rings is 1. The van der Waals surface area contributed by atoms with Crippen molar-refractivity contribution in [2.45, 2.75) is 31.7 Å². The van der Waals surface area contributed by atoms with Gasteiger partial charge in [0.25, 0.3) is 0 Å². The van der Waals surface area contributed by atoms with Gasteiger partial charge in [-0.3, -0.25) is 0 Å². The maximum absolute atomic E-state index is 11.7. The van der Waals surface area contributed by atoms with Crippen molar-refractivity contribution in [1.29, 1.82) is 0 Å². The van der Waals surface area contributed by atoms with E-state index in [1.165, 1.54) is 6.26 Å². The minimum absolute atomic E-state index is 0.159. The second kappa shape index (κ2) is 6.52. The quantitative estimate of drug-likeness (QED) is 0.767. The Bertz CT molecular complexity index is 559. The van der Waals surface area contributed by atoms with E-state index in [0.717, 1.165) is 25.7 Å². The molecule has 1 N–H and O–H groups in total. The molecule has 0 aromatic carbocycles. The summed E-state index contributed by atoms with van der Waals surface area (Å²) < 4.78 is 48.1. The van der Waals surface area contributed by atoms with Gasteiger partial charge in [0.2, 0.25) is 10.0 Å². The average molecular weight is 338 g/mol. The molecule has 0 aromatic heterocycles. The topological polar surface area (TPSA) is 83.6 Å². The number of nitrogens with zero attached hydrogens (tertiary/aromatic N) is 1. The van der Waals surface area contributed by atoms with Crippen LogP contribution in [0.4, 0.5) is 0 Å². The Balaban J connectivity index is 1.96. The van der Waals surface area contributed by atoms with Gasteiger partial charge in [-0.15, -0.1) is 0 Å². The molecule has 3 atom stereocenters. The molecule has 0 amide bonds. The number of nitrogens with one attached hydrogen (secondary N) is 1. The van der Waals surface area contributed by atoms with Crippen molar-refractivity contribution in [3.05, 3.63) is 0 Å². The highest BCUT2D eigenvalue weighted by Crippen LogP contribution is 2.29. The van der Waals surface area contributed by atoms with E-state index in [4.69, 9.17) is 0 Å². The molecule has 2 aliphatic rings. The summed E-state index contributed by atoms with van der Waals surface area (Å²) in [4.78, 5) is 0. The first-order valence-corrected chi connectivity index (χ1v) is 11.2. The van der Waals surface area contributed by atoms with Crippen LogP contribution < -0.4 is 5.32 Å². The molecule has 2 rings (SSSR count). The van der Waals surface area contributed by atoms with Crippen molar-refractivity contribution < 1.29 is 16.8 Å². The fourth-order valence-corrected chi connectivity index (χ4v) is 6.39. The summed E-state index contributed by atoms with van der Waals surface area (Å²) in [5, 5.41) is 3.25. The van der Waals surface area contributed by atoms with Gasteiger partial charge in [-0.2, -0.15) is 0 Å². The smallest absolute Gasteiger partial charge is 0.211 e. The first-order chi connectivity index (χ1) is 9.71. The molecule has 2 heterocycles. The highest BCUT2D eigenvalue weighted by molar-refractivity contribution is 7.91. The van der Waals surface area contributed by atoms with E-state index in [9.17, 15) is 16.8 Å². The van der Waals surface area contributed by atoms with Crippen molar-refractivity contribution in [2.75, 3.05) is 37.9 Å². The molecule has 2 fully saturated rings. The van der Waals surface area contributed by atoms with E-state index in [0.29, 0.717) is 19.0 Å². The molecule has 0 bridgehead atoms. The fourth-order valence-electron chi connectivity index (χ4n) is 3.57. The summed E-state index contributed by atoms with van der Waals surface area (Å²) in [6.07, 6.45) is 4.73. The molecule has 0 aromatic rings. The summed E-state index contributed by atoms with van der Waals surface area (Å²) in [5.41, 5.74) is 0. The Morgan fingerprint density at radius 2 is 2.05 bits per heavy atom. The molecule has 0 saturated carbocycles. The maximum Gasteiger partial charge on any atom is 0.211 e. The third kappa shape index (κ3) is 4.64. The van der Waals surface area contributed by atoms with Crippen LogP contribution in [0.5, 0.6) is 0 Å². The van der Waals surface area contributed by atoms with E-state index in [1.54, 1.807) is 4.31 Å². The molecule has 2 aliphatic heterocycles. The van der Waals surface area contributed by atoms with Crippen LogP contribution in [-0.4, -0.2) is 65.1 Å². The molecule has 0 spiro atoms. The Labute approximate surface area is 128 Å². The van der Waals surface area contributed by atoms with Crippen molar-refractivity contribution in [3.63, 3.8) is 0 Å². The third-order valence-electron chi connectivity index (χ3n) is 4.75. The molecule has 8 heteroatoms. The predicted octanol–water partition coefficient (Wildman–Crippen LogP) is 0.0708. The van der Waals surface area contributed by atoms with E-state index in [1.807, 2.05) is 7.05 Å². The minimum atomic E-state index is -3.12. The Morgan fingerprint density at radius 1 is 1.33 bits per heavy atom. The standard InChI is InChI=1S/C13H26N2O4S2/c1-14-13(12-5-7-21(18,19)10-12)8-11-4-3-6-15(9-11)20(2,16)17/h11-14H,3-10H2,1-2H3. The second-order valence-electron chi connectivity index (χ2n) is 6.42. The van der Waals surface area contributed by atoms with Crippen LogP contribution >= 0.6 is 0 Å². The molecule has 21 heavy (non-hydrogen) atoms. The maximum atomic E-state index is 11.7. The molecular weight excluding hydrogens is 312 g/mol. The summed E-state index contributed by atoms with van der Waals surface area (Å²) in [7, 11) is -4.13. The molecule has 2 saturated heterocycles. The van der Waals surface area contributed by atoms with Gasteiger partial charge in [-0.1, -0.05) is 0 Å². The summed E-state index contributed by atoms with van der Waals surface area (Å²) >= 11 is 0. The van der Waals surface area contributed by atoms with Gasteiger partial charge in [0.05, 0.1) is 17.8 Å².